The first-order valence-corrected chi connectivity index (χ1v) is 4.66. The Morgan fingerprint density at radius 3 is 2.77 bits per heavy atom. The van der Waals surface area contributed by atoms with E-state index in [1.54, 1.807) is 6.33 Å². The van der Waals surface area contributed by atoms with Crippen LogP contribution in [0.4, 0.5) is 0 Å². The molecule has 0 radical (unpaired) electrons. The van der Waals surface area contributed by atoms with Crippen LogP contribution in [0.5, 0.6) is 0 Å². The van der Waals surface area contributed by atoms with Gasteiger partial charge in [0.1, 0.15) is 6.33 Å². The van der Waals surface area contributed by atoms with E-state index in [0.29, 0.717) is 5.92 Å². The fraction of sp³-hybridized carbons (Fsp3) is 0.600. The predicted octanol–water partition coefficient (Wildman–Crippen LogP) is 1.53. The van der Waals surface area contributed by atoms with Gasteiger partial charge in [0.15, 0.2) is 0 Å². The van der Waals surface area contributed by atoms with Crippen molar-refractivity contribution in [2.45, 2.75) is 27.3 Å². The normalized spacial score (nSPS) is 10.8. The highest BCUT2D eigenvalue weighted by atomic mass is 14.9. The van der Waals surface area contributed by atoms with E-state index in [1.165, 1.54) is 0 Å². The molecular formula is C10H17N3. The zero-order valence-corrected chi connectivity index (χ0v) is 8.54. The molecule has 1 N–H and O–H groups in total. The monoisotopic (exact) mass is 179 g/mol. The molecule has 1 heterocycles. The molecule has 0 saturated heterocycles. The molecule has 0 fully saturated rings. The fourth-order valence-electron chi connectivity index (χ4n) is 1.10. The van der Waals surface area contributed by atoms with Gasteiger partial charge in [-0.2, -0.15) is 0 Å². The number of aromatic nitrogens is 2. The van der Waals surface area contributed by atoms with Gasteiger partial charge in [0.2, 0.25) is 0 Å². The SMILES string of the molecule is Cc1cc(CNCC(C)C)ncn1. The van der Waals surface area contributed by atoms with Crippen molar-refractivity contribution in [1.82, 2.24) is 15.3 Å². The molecule has 13 heavy (non-hydrogen) atoms. The van der Waals surface area contributed by atoms with E-state index in [2.05, 4.69) is 29.1 Å². The van der Waals surface area contributed by atoms with Crippen LogP contribution in [-0.4, -0.2) is 16.5 Å². The Morgan fingerprint density at radius 2 is 2.15 bits per heavy atom. The quantitative estimate of drug-likeness (QED) is 0.761. The van der Waals surface area contributed by atoms with Gasteiger partial charge in [-0.1, -0.05) is 13.8 Å². The third kappa shape index (κ3) is 3.99. The van der Waals surface area contributed by atoms with Crippen molar-refractivity contribution in [3.63, 3.8) is 0 Å². The van der Waals surface area contributed by atoms with Crippen molar-refractivity contribution in [3.05, 3.63) is 23.8 Å². The van der Waals surface area contributed by atoms with Crippen molar-refractivity contribution < 1.29 is 0 Å². The number of nitrogens with zero attached hydrogens (tertiary/aromatic N) is 2. The molecule has 0 aliphatic rings. The van der Waals surface area contributed by atoms with Gasteiger partial charge in [0.05, 0.1) is 5.69 Å². The van der Waals surface area contributed by atoms with Gasteiger partial charge in [-0.3, -0.25) is 0 Å². The molecule has 0 bridgehead atoms. The lowest BCUT2D eigenvalue weighted by Gasteiger charge is -2.06. The molecule has 0 saturated carbocycles. The van der Waals surface area contributed by atoms with E-state index in [0.717, 1.165) is 24.5 Å². The second-order valence-electron chi connectivity index (χ2n) is 3.68. The Kier molecular flexibility index (Phi) is 3.83. The molecule has 0 aliphatic carbocycles. The van der Waals surface area contributed by atoms with Crippen molar-refractivity contribution >= 4 is 0 Å². The van der Waals surface area contributed by atoms with Crippen LogP contribution < -0.4 is 5.32 Å². The first-order valence-electron chi connectivity index (χ1n) is 4.66. The highest BCUT2D eigenvalue weighted by molar-refractivity contribution is 5.05. The maximum absolute atomic E-state index is 4.16. The van der Waals surface area contributed by atoms with Gasteiger partial charge in [-0.25, -0.2) is 9.97 Å². The van der Waals surface area contributed by atoms with E-state index >= 15 is 0 Å². The van der Waals surface area contributed by atoms with Gasteiger partial charge in [0, 0.05) is 12.2 Å². The van der Waals surface area contributed by atoms with Crippen molar-refractivity contribution in [3.8, 4) is 0 Å². The highest BCUT2D eigenvalue weighted by Crippen LogP contribution is 1.96. The lowest BCUT2D eigenvalue weighted by molar-refractivity contribution is 0.547. The molecule has 72 valence electrons. The average molecular weight is 179 g/mol. The van der Waals surface area contributed by atoms with Crippen molar-refractivity contribution in [1.29, 1.82) is 0 Å². The minimum absolute atomic E-state index is 0.683. The summed E-state index contributed by atoms with van der Waals surface area (Å²) in [5.74, 6) is 0.683. The second-order valence-corrected chi connectivity index (χ2v) is 3.68. The Morgan fingerprint density at radius 1 is 1.38 bits per heavy atom. The lowest BCUT2D eigenvalue weighted by Crippen LogP contribution is -2.19. The predicted molar refractivity (Wildman–Crippen MR) is 53.3 cm³/mol. The van der Waals surface area contributed by atoms with Crippen LogP contribution >= 0.6 is 0 Å². The molecule has 1 aromatic rings. The molecule has 0 amide bonds. The summed E-state index contributed by atoms with van der Waals surface area (Å²) in [5.41, 5.74) is 2.09. The van der Waals surface area contributed by atoms with Crippen LogP contribution in [0.25, 0.3) is 0 Å². The second kappa shape index (κ2) is 4.92. The molecule has 1 rings (SSSR count). The maximum atomic E-state index is 4.16. The highest BCUT2D eigenvalue weighted by Gasteiger charge is 1.96. The average Bonchev–Trinajstić information content (AvgIpc) is 2.03. The smallest absolute Gasteiger partial charge is 0.115 e. The summed E-state index contributed by atoms with van der Waals surface area (Å²) < 4.78 is 0. The number of aryl methyl sites for hydroxylation is 1. The van der Waals surface area contributed by atoms with E-state index in [9.17, 15) is 0 Å². The van der Waals surface area contributed by atoms with Gasteiger partial charge >= 0.3 is 0 Å². The summed E-state index contributed by atoms with van der Waals surface area (Å²) in [6, 6.07) is 2.01. The van der Waals surface area contributed by atoms with Gasteiger partial charge in [0.25, 0.3) is 0 Å². The number of hydrogen-bond acceptors (Lipinski definition) is 3. The third-order valence-corrected chi connectivity index (χ3v) is 1.72. The Hall–Kier alpha value is -0.960. The van der Waals surface area contributed by atoms with Crippen LogP contribution in [-0.2, 0) is 6.54 Å². The van der Waals surface area contributed by atoms with Crippen LogP contribution in [0.3, 0.4) is 0 Å². The maximum Gasteiger partial charge on any atom is 0.115 e. The van der Waals surface area contributed by atoms with E-state index in [4.69, 9.17) is 0 Å². The molecule has 3 heteroatoms. The molecule has 0 spiro atoms. The molecular weight excluding hydrogens is 162 g/mol. The summed E-state index contributed by atoms with van der Waals surface area (Å²) in [7, 11) is 0. The van der Waals surface area contributed by atoms with Crippen molar-refractivity contribution in [2.24, 2.45) is 5.92 Å². The first kappa shape index (κ1) is 10.1. The van der Waals surface area contributed by atoms with Crippen LogP contribution in [0.15, 0.2) is 12.4 Å². The number of nitrogens with one attached hydrogen (secondary N) is 1. The molecule has 3 nitrogen and oxygen atoms in total. The summed E-state index contributed by atoms with van der Waals surface area (Å²) in [5, 5.41) is 3.34. The lowest BCUT2D eigenvalue weighted by atomic mass is 10.2. The van der Waals surface area contributed by atoms with Crippen molar-refractivity contribution in [2.75, 3.05) is 6.54 Å². The fourth-order valence-corrected chi connectivity index (χ4v) is 1.10. The molecule has 0 aromatic carbocycles. The van der Waals surface area contributed by atoms with Crippen LogP contribution in [0.1, 0.15) is 25.2 Å². The van der Waals surface area contributed by atoms with E-state index < -0.39 is 0 Å². The third-order valence-electron chi connectivity index (χ3n) is 1.72. The van der Waals surface area contributed by atoms with Gasteiger partial charge in [-0.05, 0) is 25.5 Å². The molecule has 1 aromatic heterocycles. The molecule has 0 unspecified atom stereocenters. The minimum atomic E-state index is 0.683. The van der Waals surface area contributed by atoms with E-state index in [1.807, 2.05) is 13.0 Å². The van der Waals surface area contributed by atoms with Crippen LogP contribution in [0.2, 0.25) is 0 Å². The van der Waals surface area contributed by atoms with Gasteiger partial charge < -0.3 is 5.32 Å². The standard InChI is InChI=1S/C10H17N3/c1-8(2)5-11-6-10-4-9(3)12-7-13-10/h4,7-8,11H,5-6H2,1-3H3. The Labute approximate surface area is 79.6 Å². The minimum Gasteiger partial charge on any atom is -0.311 e. The first-order chi connectivity index (χ1) is 6.18. The summed E-state index contributed by atoms with van der Waals surface area (Å²) >= 11 is 0. The number of rotatable bonds is 4. The zero-order valence-electron chi connectivity index (χ0n) is 8.54. The largest absolute Gasteiger partial charge is 0.311 e. The summed E-state index contributed by atoms with van der Waals surface area (Å²) in [4.78, 5) is 8.21. The Bertz CT molecular complexity index is 258. The number of hydrogen-bond donors (Lipinski definition) is 1. The summed E-state index contributed by atoms with van der Waals surface area (Å²) in [6.45, 7) is 8.23. The molecule has 0 aliphatic heterocycles. The topological polar surface area (TPSA) is 37.8 Å². The summed E-state index contributed by atoms with van der Waals surface area (Å²) in [6.07, 6.45) is 1.61. The van der Waals surface area contributed by atoms with Gasteiger partial charge in [-0.15, -0.1) is 0 Å². The molecule has 0 atom stereocenters. The van der Waals surface area contributed by atoms with E-state index in [-0.39, 0.29) is 0 Å². The Balaban J connectivity index is 2.37. The van der Waals surface area contributed by atoms with Crippen LogP contribution in [0, 0.1) is 12.8 Å². The zero-order chi connectivity index (χ0) is 9.68.